The number of anilines is 1. The van der Waals surface area contributed by atoms with Gasteiger partial charge in [0.2, 0.25) is 0 Å². The quantitative estimate of drug-likeness (QED) is 0.644. The summed E-state index contributed by atoms with van der Waals surface area (Å²) >= 11 is 0. The molecule has 1 atom stereocenters. The fourth-order valence-corrected chi connectivity index (χ4v) is 3.41. The first kappa shape index (κ1) is 24.1. The van der Waals surface area contributed by atoms with Crippen molar-refractivity contribution in [2.45, 2.75) is 52.9 Å². The molecule has 0 aliphatic rings. The van der Waals surface area contributed by atoms with Gasteiger partial charge in [0.1, 0.15) is 11.6 Å². The fraction of sp³-hybridized carbons (Fsp3) is 0.435. The molecule has 0 saturated carbocycles. The number of methoxy groups -OCH3 is 2. The molecular weight excluding hydrogens is 400 g/mol. The predicted molar refractivity (Wildman–Crippen MR) is 117 cm³/mol. The summed E-state index contributed by atoms with van der Waals surface area (Å²) in [5.74, 6) is 0.0795. The van der Waals surface area contributed by atoms with Crippen LogP contribution in [-0.4, -0.2) is 48.6 Å². The van der Waals surface area contributed by atoms with E-state index in [1.165, 1.54) is 12.0 Å². The number of aromatic nitrogens is 1. The summed E-state index contributed by atoms with van der Waals surface area (Å²) in [4.78, 5) is 29.9. The van der Waals surface area contributed by atoms with E-state index in [1.54, 1.807) is 27.2 Å². The largest absolute Gasteiger partial charge is 0.496 e. The predicted octanol–water partition coefficient (Wildman–Crippen LogP) is 3.90. The van der Waals surface area contributed by atoms with Gasteiger partial charge in [0.15, 0.2) is 6.10 Å². The van der Waals surface area contributed by atoms with Crippen LogP contribution in [0.3, 0.4) is 0 Å². The summed E-state index contributed by atoms with van der Waals surface area (Å²) in [7, 11) is 2.89. The minimum absolute atomic E-state index is 0.198. The Morgan fingerprint density at radius 1 is 1.16 bits per heavy atom. The molecular formula is C23H30N2O6. The molecule has 1 amide bonds. The smallest absolute Gasteiger partial charge is 0.415 e. The molecule has 0 fully saturated rings. The number of rotatable bonds is 9. The van der Waals surface area contributed by atoms with Crippen molar-refractivity contribution >= 4 is 17.9 Å². The lowest BCUT2D eigenvalue weighted by molar-refractivity contribution is -0.153. The molecule has 0 aliphatic carbocycles. The highest BCUT2D eigenvalue weighted by atomic mass is 16.5. The monoisotopic (exact) mass is 430 g/mol. The van der Waals surface area contributed by atoms with Gasteiger partial charge in [-0.15, -0.1) is 0 Å². The molecule has 168 valence electrons. The Morgan fingerprint density at radius 2 is 1.84 bits per heavy atom. The van der Waals surface area contributed by atoms with E-state index in [9.17, 15) is 14.7 Å². The molecule has 2 rings (SSSR count). The van der Waals surface area contributed by atoms with E-state index in [-0.39, 0.29) is 19.1 Å². The van der Waals surface area contributed by atoms with Crippen LogP contribution in [0.25, 0.3) is 0 Å². The Morgan fingerprint density at radius 3 is 2.42 bits per heavy atom. The number of ether oxygens (including phenoxy) is 3. The van der Waals surface area contributed by atoms with Crippen molar-refractivity contribution in [2.24, 2.45) is 0 Å². The Labute approximate surface area is 182 Å². The third kappa shape index (κ3) is 6.18. The molecule has 1 aromatic carbocycles. The number of carbonyl (C=O) groups excluding carboxylic acids is 1. The molecule has 0 radical (unpaired) electrons. The van der Waals surface area contributed by atoms with Crippen LogP contribution in [0.4, 0.5) is 10.6 Å². The lowest BCUT2D eigenvalue weighted by atomic mass is 10.0. The zero-order valence-corrected chi connectivity index (χ0v) is 18.8. The van der Waals surface area contributed by atoms with E-state index in [0.717, 1.165) is 22.3 Å². The van der Waals surface area contributed by atoms with Crippen molar-refractivity contribution < 1.29 is 28.9 Å². The van der Waals surface area contributed by atoms with Crippen molar-refractivity contribution in [1.29, 1.82) is 0 Å². The lowest BCUT2D eigenvalue weighted by Crippen LogP contribution is -2.32. The maximum absolute atomic E-state index is 12.6. The molecule has 8 heteroatoms. The number of carboxylic acid groups (broad SMARTS) is 1. The summed E-state index contributed by atoms with van der Waals surface area (Å²) in [5, 5.41) is 9.44. The van der Waals surface area contributed by atoms with Crippen LogP contribution in [0.15, 0.2) is 30.5 Å². The Balaban J connectivity index is 2.34. The molecule has 0 spiro atoms. The topological polar surface area (TPSA) is 98.2 Å². The van der Waals surface area contributed by atoms with Crippen molar-refractivity contribution in [2.75, 3.05) is 19.1 Å². The molecule has 0 bridgehead atoms. The number of hydrogen-bond acceptors (Lipinski definition) is 6. The van der Waals surface area contributed by atoms with Gasteiger partial charge in [0.05, 0.1) is 26.9 Å². The maximum atomic E-state index is 12.6. The Hall–Kier alpha value is -3.13. The van der Waals surface area contributed by atoms with Crippen molar-refractivity contribution in [1.82, 2.24) is 4.98 Å². The van der Waals surface area contributed by atoms with Crippen LogP contribution in [0, 0.1) is 13.8 Å². The molecule has 2 aromatic rings. The van der Waals surface area contributed by atoms with Gasteiger partial charge >= 0.3 is 12.1 Å². The van der Waals surface area contributed by atoms with Gasteiger partial charge in [-0.2, -0.15) is 0 Å². The van der Waals surface area contributed by atoms with E-state index >= 15 is 0 Å². The zero-order valence-electron chi connectivity index (χ0n) is 18.8. The molecule has 0 saturated heterocycles. The number of aryl methyl sites for hydroxylation is 1. The second-order valence-corrected chi connectivity index (χ2v) is 7.52. The summed E-state index contributed by atoms with van der Waals surface area (Å²) < 4.78 is 15.9. The fourth-order valence-electron chi connectivity index (χ4n) is 3.41. The average molecular weight is 431 g/mol. The second kappa shape index (κ2) is 10.8. The van der Waals surface area contributed by atoms with Gasteiger partial charge in [-0.1, -0.05) is 24.3 Å². The highest BCUT2D eigenvalue weighted by molar-refractivity contribution is 5.87. The van der Waals surface area contributed by atoms with Gasteiger partial charge < -0.3 is 19.3 Å². The second-order valence-electron chi connectivity index (χ2n) is 7.52. The summed E-state index contributed by atoms with van der Waals surface area (Å²) in [6.45, 7) is 7.51. The summed E-state index contributed by atoms with van der Waals surface area (Å²) in [6.07, 6.45) is 0.157. The lowest BCUT2D eigenvalue weighted by Gasteiger charge is -2.24. The minimum Gasteiger partial charge on any atom is -0.496 e. The minimum atomic E-state index is -1.01. The first-order valence-electron chi connectivity index (χ1n) is 9.99. The summed E-state index contributed by atoms with van der Waals surface area (Å²) in [6, 6.07) is 7.38. The number of nitrogens with zero attached hydrogens (tertiary/aromatic N) is 2. The highest BCUT2D eigenvalue weighted by Crippen LogP contribution is 2.30. The molecule has 1 unspecified atom stereocenters. The Kier molecular flexibility index (Phi) is 8.38. The van der Waals surface area contributed by atoms with E-state index < -0.39 is 18.2 Å². The van der Waals surface area contributed by atoms with Gasteiger partial charge in [-0.25, -0.2) is 14.6 Å². The molecule has 1 N–H and O–H groups in total. The van der Waals surface area contributed by atoms with Crippen molar-refractivity contribution in [3.63, 3.8) is 0 Å². The number of amides is 1. The SMILES string of the molecule is COC(=O)N(Cc1cccc(CC(OC(C)C)C(=O)O)c1)c1ncc(C)c(OC)c1C. The van der Waals surface area contributed by atoms with Crippen LogP contribution in [0.1, 0.15) is 36.1 Å². The van der Waals surface area contributed by atoms with Crippen LogP contribution >= 0.6 is 0 Å². The third-order valence-electron chi connectivity index (χ3n) is 4.73. The molecule has 31 heavy (non-hydrogen) atoms. The first-order valence-corrected chi connectivity index (χ1v) is 9.99. The van der Waals surface area contributed by atoms with E-state index in [2.05, 4.69) is 4.98 Å². The standard InChI is InChI=1S/C23H30N2O6/c1-14(2)31-19(22(26)27)11-17-8-7-9-18(10-17)13-25(23(28)30-6)21-16(4)20(29-5)15(3)12-24-21/h7-10,12,14,19H,11,13H2,1-6H3,(H,26,27). The number of carboxylic acids is 1. The first-order chi connectivity index (χ1) is 14.7. The van der Waals surface area contributed by atoms with E-state index in [1.807, 2.05) is 38.1 Å². The van der Waals surface area contributed by atoms with Gasteiger partial charge in [-0.05, 0) is 38.8 Å². The van der Waals surface area contributed by atoms with Crippen LogP contribution in [0.5, 0.6) is 5.75 Å². The molecule has 1 heterocycles. The summed E-state index contributed by atoms with van der Waals surface area (Å²) in [5.41, 5.74) is 3.18. The normalized spacial score (nSPS) is 11.8. The molecule has 0 aliphatic heterocycles. The van der Waals surface area contributed by atoms with E-state index in [0.29, 0.717) is 11.6 Å². The van der Waals surface area contributed by atoms with Crippen LogP contribution in [-0.2, 0) is 27.2 Å². The Bertz CT molecular complexity index is 928. The highest BCUT2D eigenvalue weighted by Gasteiger charge is 2.24. The van der Waals surface area contributed by atoms with Crippen LogP contribution < -0.4 is 9.64 Å². The maximum Gasteiger partial charge on any atom is 0.415 e. The molecule has 8 nitrogen and oxygen atoms in total. The van der Waals surface area contributed by atoms with E-state index in [4.69, 9.17) is 14.2 Å². The molecule has 1 aromatic heterocycles. The number of pyridine rings is 1. The number of aliphatic carboxylic acids is 1. The van der Waals surface area contributed by atoms with Gasteiger partial charge in [-0.3, -0.25) is 4.90 Å². The van der Waals surface area contributed by atoms with Gasteiger partial charge in [0, 0.05) is 23.7 Å². The van der Waals surface area contributed by atoms with Crippen LogP contribution in [0.2, 0.25) is 0 Å². The van der Waals surface area contributed by atoms with Crippen molar-refractivity contribution in [3.8, 4) is 5.75 Å². The average Bonchev–Trinajstić information content (AvgIpc) is 2.72. The number of benzene rings is 1. The van der Waals surface area contributed by atoms with Crippen molar-refractivity contribution in [3.05, 3.63) is 52.7 Å². The van der Waals surface area contributed by atoms with Gasteiger partial charge in [0.25, 0.3) is 0 Å². The third-order valence-corrected chi connectivity index (χ3v) is 4.73. The number of carbonyl (C=O) groups is 2. The number of hydrogen-bond donors (Lipinski definition) is 1. The zero-order chi connectivity index (χ0) is 23.1.